The van der Waals surface area contributed by atoms with E-state index in [-0.39, 0.29) is 44.0 Å². The van der Waals surface area contributed by atoms with E-state index < -0.39 is 89.5 Å². The van der Waals surface area contributed by atoms with Gasteiger partial charge in [-0.3, -0.25) is 4.79 Å². The topological polar surface area (TPSA) is 207 Å². The molecule has 6 aliphatic rings. The Labute approximate surface area is 238 Å². The lowest BCUT2D eigenvalue weighted by Gasteiger charge is -2.68. The summed E-state index contributed by atoms with van der Waals surface area (Å²) in [5, 5.41) is 89.5. The number of aliphatic hydroxyl groups excluding tert-OH is 6. The van der Waals surface area contributed by atoms with Crippen molar-refractivity contribution in [3.05, 3.63) is 11.8 Å². The van der Waals surface area contributed by atoms with Gasteiger partial charge in [0.15, 0.2) is 18.7 Å². The van der Waals surface area contributed by atoms with E-state index in [0.717, 1.165) is 0 Å². The predicted molar refractivity (Wildman–Crippen MR) is 139 cm³/mol. The van der Waals surface area contributed by atoms with E-state index >= 15 is 0 Å². The van der Waals surface area contributed by atoms with E-state index in [1.165, 1.54) is 13.0 Å². The quantitative estimate of drug-likeness (QED) is 0.178. The number of hydrogen-bond donors (Lipinski definition) is 8. The van der Waals surface area contributed by atoms with E-state index in [1.54, 1.807) is 0 Å². The van der Waals surface area contributed by atoms with E-state index in [2.05, 4.69) is 0 Å². The third kappa shape index (κ3) is 3.99. The summed E-state index contributed by atoms with van der Waals surface area (Å²) in [6.45, 7) is 2.78. The van der Waals surface area contributed by atoms with Crippen molar-refractivity contribution in [1.82, 2.24) is 0 Å². The Kier molecular flexibility index (Phi) is 7.22. The smallest absolute Gasteiger partial charge is 0.196 e. The third-order valence-electron chi connectivity index (χ3n) is 12.1. The zero-order valence-corrected chi connectivity index (χ0v) is 23.5. The maximum absolute atomic E-state index is 12.4. The van der Waals surface area contributed by atoms with Gasteiger partial charge < -0.3 is 55.1 Å². The summed E-state index contributed by atoms with van der Waals surface area (Å²) < 4.78 is 17.2. The number of ether oxygens (including phenoxy) is 3. The first-order chi connectivity index (χ1) is 19.2. The van der Waals surface area contributed by atoms with Crippen LogP contribution in [0.2, 0.25) is 0 Å². The number of carbonyl (C=O) groups is 1. The lowest BCUT2D eigenvalue weighted by Crippen LogP contribution is -2.76. The SMILES string of the molecule is C[C@@H]1O[C@H](O[C@H]2C[C@@H](O)[C@]3(CO)[C@H]4[C@H](O)C[C@]5(C)[C@@H](C6=CC(=O)CO6)CC[C@]5(O)[C@@H]4CC[C@]3(O)C2)[C@H](O)[C@H](O)[C@H]1O. The Morgan fingerprint density at radius 2 is 1.76 bits per heavy atom. The summed E-state index contributed by atoms with van der Waals surface area (Å²) in [5.41, 5.74) is -5.35. The van der Waals surface area contributed by atoms with Crippen molar-refractivity contribution in [2.24, 2.45) is 28.6 Å². The Balaban J connectivity index is 1.28. The van der Waals surface area contributed by atoms with Gasteiger partial charge in [0.2, 0.25) is 0 Å². The van der Waals surface area contributed by atoms with Crippen LogP contribution in [0.1, 0.15) is 58.8 Å². The third-order valence-corrected chi connectivity index (χ3v) is 12.1. The lowest BCUT2D eigenvalue weighted by atomic mass is 9.40. The van der Waals surface area contributed by atoms with Crippen LogP contribution in [0.5, 0.6) is 0 Å². The molecule has 5 fully saturated rings. The van der Waals surface area contributed by atoms with Gasteiger partial charge in [-0.05, 0) is 44.9 Å². The molecule has 2 heterocycles. The van der Waals surface area contributed by atoms with Crippen LogP contribution in [0.3, 0.4) is 0 Å². The van der Waals surface area contributed by atoms with Gasteiger partial charge in [0.05, 0.1) is 47.6 Å². The number of allylic oxidation sites excluding steroid dienone is 1. The van der Waals surface area contributed by atoms with Crippen LogP contribution in [0.15, 0.2) is 11.8 Å². The second-order valence-electron chi connectivity index (χ2n) is 13.8. The van der Waals surface area contributed by atoms with Crippen molar-refractivity contribution in [2.45, 2.75) is 119 Å². The highest BCUT2D eigenvalue weighted by molar-refractivity contribution is 5.93. The van der Waals surface area contributed by atoms with Gasteiger partial charge in [-0.15, -0.1) is 0 Å². The van der Waals surface area contributed by atoms with Gasteiger partial charge in [-0.2, -0.15) is 0 Å². The van der Waals surface area contributed by atoms with Crippen molar-refractivity contribution in [3.8, 4) is 0 Å². The molecule has 0 aromatic rings. The first kappa shape index (κ1) is 29.9. The fourth-order valence-electron chi connectivity index (χ4n) is 9.96. The molecule has 0 aromatic carbocycles. The molecule has 0 bridgehead atoms. The largest absolute Gasteiger partial charge is 0.489 e. The fraction of sp³-hybridized carbons (Fsp3) is 0.897. The summed E-state index contributed by atoms with van der Waals surface area (Å²) in [6, 6.07) is 0. The molecule has 0 radical (unpaired) electrons. The van der Waals surface area contributed by atoms with Crippen LogP contribution in [0.4, 0.5) is 0 Å². The average molecular weight is 585 g/mol. The second kappa shape index (κ2) is 9.91. The van der Waals surface area contributed by atoms with E-state index in [0.29, 0.717) is 25.0 Å². The minimum atomic E-state index is -1.68. The van der Waals surface area contributed by atoms with Crippen LogP contribution in [0, 0.1) is 28.6 Å². The highest BCUT2D eigenvalue weighted by Crippen LogP contribution is 2.70. The molecule has 0 amide bonds. The maximum Gasteiger partial charge on any atom is 0.196 e. The van der Waals surface area contributed by atoms with Crippen LogP contribution in [0.25, 0.3) is 0 Å². The van der Waals surface area contributed by atoms with Gasteiger partial charge in [-0.25, -0.2) is 0 Å². The molecule has 41 heavy (non-hydrogen) atoms. The molecular weight excluding hydrogens is 540 g/mol. The molecule has 12 heteroatoms. The Bertz CT molecular complexity index is 1080. The number of ketones is 1. The summed E-state index contributed by atoms with van der Waals surface area (Å²) in [5.74, 6) is -1.25. The molecule has 0 aromatic heterocycles. The fourth-order valence-corrected chi connectivity index (χ4v) is 9.96. The van der Waals surface area contributed by atoms with Gasteiger partial charge in [0.25, 0.3) is 0 Å². The van der Waals surface area contributed by atoms with Crippen molar-refractivity contribution in [1.29, 1.82) is 0 Å². The van der Waals surface area contributed by atoms with Crippen LogP contribution < -0.4 is 0 Å². The Morgan fingerprint density at radius 3 is 2.41 bits per heavy atom. The van der Waals surface area contributed by atoms with Gasteiger partial charge in [0, 0.05) is 36.2 Å². The van der Waals surface area contributed by atoms with Crippen LogP contribution in [-0.4, -0.2) is 120 Å². The first-order valence-corrected chi connectivity index (χ1v) is 14.9. The molecule has 12 nitrogen and oxygen atoms in total. The lowest BCUT2D eigenvalue weighted by molar-refractivity contribution is -0.342. The molecule has 2 aliphatic heterocycles. The molecular formula is C29H44O12. The monoisotopic (exact) mass is 584 g/mol. The standard InChI is InChI=1S/C29H44O12/c1-13-22(34)23(35)24(36)25(40-13)41-15-8-20(33)28(12-30)21-17(3-5-27(28,37)9-15)29(38)6-4-16(19-7-14(31)11-39-19)26(29,2)10-18(21)32/h7,13,15-18,20-25,30,32-38H,3-6,8-12H2,1-2H3/t13-,15-,16+,17+,18+,20+,21+,22-,23+,24+,25+,26+,27-,28+,29-/m0/s1. The normalized spacial score (nSPS) is 56.9. The zero-order valence-electron chi connectivity index (χ0n) is 23.5. The van der Waals surface area contributed by atoms with E-state index in [1.807, 2.05) is 6.92 Å². The van der Waals surface area contributed by atoms with Crippen molar-refractivity contribution < 1.29 is 59.9 Å². The number of aliphatic hydroxyl groups is 8. The molecule has 232 valence electrons. The molecule has 4 saturated carbocycles. The molecule has 15 atom stereocenters. The Hall–Kier alpha value is -1.19. The molecule has 0 spiro atoms. The second-order valence-corrected chi connectivity index (χ2v) is 13.8. The van der Waals surface area contributed by atoms with Crippen molar-refractivity contribution in [2.75, 3.05) is 13.2 Å². The minimum absolute atomic E-state index is 0.0353. The summed E-state index contributed by atoms with van der Waals surface area (Å²) in [6.07, 6.45) is -6.83. The van der Waals surface area contributed by atoms with Gasteiger partial charge in [0.1, 0.15) is 24.1 Å². The molecule has 0 unspecified atom stereocenters. The number of hydrogen-bond acceptors (Lipinski definition) is 12. The first-order valence-electron chi connectivity index (χ1n) is 14.9. The van der Waals surface area contributed by atoms with E-state index in [4.69, 9.17) is 14.2 Å². The minimum Gasteiger partial charge on any atom is -0.489 e. The molecule has 4 aliphatic carbocycles. The zero-order chi connectivity index (χ0) is 29.7. The molecule has 8 N–H and O–H groups in total. The van der Waals surface area contributed by atoms with Crippen LogP contribution >= 0.6 is 0 Å². The summed E-state index contributed by atoms with van der Waals surface area (Å²) >= 11 is 0. The average Bonchev–Trinajstić information content (AvgIpc) is 3.45. The summed E-state index contributed by atoms with van der Waals surface area (Å²) in [4.78, 5) is 11.9. The van der Waals surface area contributed by atoms with Crippen molar-refractivity contribution in [3.63, 3.8) is 0 Å². The number of fused-ring (bicyclic) bond motifs is 5. The maximum atomic E-state index is 12.4. The van der Waals surface area contributed by atoms with Crippen LogP contribution in [-0.2, 0) is 19.0 Å². The van der Waals surface area contributed by atoms with E-state index in [9.17, 15) is 45.6 Å². The van der Waals surface area contributed by atoms with Gasteiger partial charge in [-0.1, -0.05) is 6.92 Å². The number of carbonyl (C=O) groups excluding carboxylic acids is 1. The highest BCUT2D eigenvalue weighted by Gasteiger charge is 2.75. The summed E-state index contributed by atoms with van der Waals surface area (Å²) in [7, 11) is 0. The predicted octanol–water partition coefficient (Wildman–Crippen LogP) is -1.51. The molecule has 6 rings (SSSR count). The van der Waals surface area contributed by atoms with Gasteiger partial charge >= 0.3 is 0 Å². The Morgan fingerprint density at radius 1 is 1.02 bits per heavy atom. The highest BCUT2D eigenvalue weighted by atomic mass is 16.7. The van der Waals surface area contributed by atoms with Crippen molar-refractivity contribution >= 4 is 5.78 Å². The number of rotatable bonds is 4. The molecule has 1 saturated heterocycles.